The van der Waals surface area contributed by atoms with Crippen LogP contribution >= 0.6 is 36.0 Å². The van der Waals surface area contributed by atoms with Crippen LogP contribution in [0.1, 0.15) is 32.3 Å². The van der Waals surface area contributed by atoms with Gasteiger partial charge in [0.15, 0.2) is 0 Å². The smallest absolute Gasteiger partial charge is 0.0446 e. The molecule has 0 aliphatic carbocycles. The minimum Gasteiger partial charge on any atom is -0.179 e. The van der Waals surface area contributed by atoms with Crippen LogP contribution < -0.4 is 0 Å². The average Bonchev–Trinajstić information content (AvgIpc) is 2.37. The lowest BCUT2D eigenvalue weighted by Crippen LogP contribution is -2.24. The van der Waals surface area contributed by atoms with Crippen LogP contribution in [-0.4, -0.2) is 11.5 Å². The van der Waals surface area contributed by atoms with Gasteiger partial charge in [0.05, 0.1) is 0 Å². The molecule has 96 valence electrons. The minimum atomic E-state index is 0.384. The number of thioether (sulfide) groups is 1. The molecule has 0 saturated carbocycles. The maximum atomic E-state index is 6.15. The van der Waals surface area contributed by atoms with Crippen LogP contribution in [0, 0.1) is 5.41 Å². The molecule has 0 aliphatic heterocycles. The van der Waals surface area contributed by atoms with Crippen molar-refractivity contribution in [2.45, 2.75) is 32.4 Å². The van der Waals surface area contributed by atoms with Gasteiger partial charge >= 0.3 is 0 Å². The quantitative estimate of drug-likeness (QED) is 0.664. The Hall–Kier alpha value is 0.210. The van der Waals surface area contributed by atoms with Gasteiger partial charge in [-0.05, 0) is 35.6 Å². The summed E-state index contributed by atoms with van der Waals surface area (Å²) in [5, 5.41) is 0.879. The predicted octanol–water partition coefficient (Wildman–Crippen LogP) is 5.31. The van der Waals surface area contributed by atoms with Gasteiger partial charge in [-0.15, -0.1) is 0 Å². The molecule has 0 aromatic heterocycles. The highest BCUT2D eigenvalue weighted by Crippen LogP contribution is 2.33. The largest absolute Gasteiger partial charge is 0.179 e. The van der Waals surface area contributed by atoms with Gasteiger partial charge in [-0.3, -0.25) is 0 Å². The van der Waals surface area contributed by atoms with Gasteiger partial charge in [0, 0.05) is 16.5 Å². The molecular formula is C14H21ClS2. The Morgan fingerprint density at radius 2 is 1.88 bits per heavy atom. The first kappa shape index (κ1) is 15.3. The summed E-state index contributed by atoms with van der Waals surface area (Å²) in [4.78, 5) is 0. The number of hydrogen-bond acceptors (Lipinski definition) is 2. The van der Waals surface area contributed by atoms with E-state index in [1.165, 1.54) is 18.4 Å². The number of rotatable bonds is 7. The van der Waals surface area contributed by atoms with Crippen LogP contribution in [0.4, 0.5) is 0 Å². The van der Waals surface area contributed by atoms with Crippen LogP contribution in [0.3, 0.4) is 0 Å². The van der Waals surface area contributed by atoms with Gasteiger partial charge in [0.1, 0.15) is 0 Å². The lowest BCUT2D eigenvalue weighted by molar-refractivity contribution is 0.357. The Balaban J connectivity index is 2.49. The molecule has 0 heterocycles. The highest BCUT2D eigenvalue weighted by atomic mass is 35.5. The fraction of sp³-hybridized carbons (Fsp3) is 0.571. The fourth-order valence-electron chi connectivity index (χ4n) is 1.72. The Morgan fingerprint density at radius 1 is 1.24 bits per heavy atom. The molecule has 1 aromatic rings. The number of benzene rings is 1. The van der Waals surface area contributed by atoms with Crippen molar-refractivity contribution in [3.8, 4) is 0 Å². The van der Waals surface area contributed by atoms with Crippen molar-refractivity contribution >= 4 is 36.0 Å². The van der Waals surface area contributed by atoms with Gasteiger partial charge in [-0.25, -0.2) is 0 Å². The normalized spacial score (nSPS) is 11.8. The molecule has 0 spiro atoms. The first-order chi connectivity index (χ1) is 8.17. The van der Waals surface area contributed by atoms with Crippen molar-refractivity contribution in [2.24, 2.45) is 5.41 Å². The van der Waals surface area contributed by atoms with Crippen LogP contribution in [0.2, 0.25) is 5.02 Å². The van der Waals surface area contributed by atoms with Crippen LogP contribution in [0.25, 0.3) is 0 Å². The zero-order valence-electron chi connectivity index (χ0n) is 10.6. The van der Waals surface area contributed by atoms with Gasteiger partial charge in [-0.2, -0.15) is 24.4 Å². The van der Waals surface area contributed by atoms with Crippen molar-refractivity contribution < 1.29 is 0 Å². The number of halogens is 1. The molecule has 3 heteroatoms. The molecule has 1 rings (SSSR count). The van der Waals surface area contributed by atoms with E-state index in [-0.39, 0.29) is 0 Å². The van der Waals surface area contributed by atoms with Gasteiger partial charge in [-0.1, -0.05) is 43.6 Å². The third-order valence-electron chi connectivity index (χ3n) is 3.46. The summed E-state index contributed by atoms with van der Waals surface area (Å²) in [5.41, 5.74) is 1.62. The van der Waals surface area contributed by atoms with E-state index in [1.807, 2.05) is 30.0 Å². The van der Waals surface area contributed by atoms with E-state index in [0.717, 1.165) is 22.3 Å². The summed E-state index contributed by atoms with van der Waals surface area (Å²) < 4.78 is 0. The molecule has 0 nitrogen and oxygen atoms in total. The zero-order valence-corrected chi connectivity index (χ0v) is 13.0. The fourth-order valence-corrected chi connectivity index (χ4v) is 4.23. The second-order valence-electron chi connectivity index (χ2n) is 4.45. The van der Waals surface area contributed by atoms with Crippen LogP contribution in [0.5, 0.6) is 0 Å². The minimum absolute atomic E-state index is 0.384. The third kappa shape index (κ3) is 4.42. The van der Waals surface area contributed by atoms with Crippen molar-refractivity contribution in [1.82, 2.24) is 0 Å². The molecule has 0 N–H and O–H groups in total. The maximum Gasteiger partial charge on any atom is 0.0446 e. The van der Waals surface area contributed by atoms with E-state index < -0.39 is 0 Å². The molecule has 0 unspecified atom stereocenters. The molecule has 0 aliphatic rings. The second kappa shape index (κ2) is 7.60. The number of thiol groups is 1. The molecule has 1 aromatic carbocycles. The topological polar surface area (TPSA) is 0 Å². The monoisotopic (exact) mass is 288 g/mol. The van der Waals surface area contributed by atoms with Gasteiger partial charge in [0.2, 0.25) is 0 Å². The van der Waals surface area contributed by atoms with E-state index in [2.05, 4.69) is 32.5 Å². The Morgan fingerprint density at radius 3 is 2.41 bits per heavy atom. The highest BCUT2D eigenvalue weighted by Gasteiger charge is 2.24. The molecule has 0 radical (unpaired) electrons. The average molecular weight is 289 g/mol. The summed E-state index contributed by atoms with van der Waals surface area (Å²) in [6.07, 6.45) is 2.39. The van der Waals surface area contributed by atoms with Crippen molar-refractivity contribution in [3.05, 3.63) is 34.9 Å². The zero-order chi connectivity index (χ0) is 12.7. The van der Waals surface area contributed by atoms with Gasteiger partial charge in [0.25, 0.3) is 0 Å². The predicted molar refractivity (Wildman–Crippen MR) is 84.5 cm³/mol. The van der Waals surface area contributed by atoms with Crippen molar-refractivity contribution in [1.29, 1.82) is 0 Å². The Kier molecular flexibility index (Phi) is 6.83. The molecular weight excluding hydrogens is 268 g/mol. The van der Waals surface area contributed by atoms with E-state index >= 15 is 0 Å². The molecule has 0 atom stereocenters. The molecule has 17 heavy (non-hydrogen) atoms. The van der Waals surface area contributed by atoms with Crippen LogP contribution in [-0.2, 0) is 5.75 Å². The SMILES string of the molecule is CCC(CC)(CS)CSCc1ccccc1Cl. The lowest BCUT2D eigenvalue weighted by Gasteiger charge is -2.29. The molecule has 0 amide bonds. The summed E-state index contributed by atoms with van der Waals surface area (Å²) in [6, 6.07) is 8.10. The summed E-state index contributed by atoms with van der Waals surface area (Å²) >= 11 is 12.6. The lowest BCUT2D eigenvalue weighted by atomic mass is 9.87. The van der Waals surface area contributed by atoms with Gasteiger partial charge < -0.3 is 0 Å². The van der Waals surface area contributed by atoms with E-state index in [1.54, 1.807) is 0 Å². The summed E-state index contributed by atoms with van der Waals surface area (Å²) in [5.74, 6) is 3.12. The molecule has 0 saturated heterocycles. The second-order valence-corrected chi connectivity index (χ2v) is 6.16. The number of hydrogen-bond donors (Lipinski definition) is 1. The van der Waals surface area contributed by atoms with Crippen molar-refractivity contribution in [3.63, 3.8) is 0 Å². The summed E-state index contributed by atoms with van der Waals surface area (Å²) in [6.45, 7) is 4.52. The van der Waals surface area contributed by atoms with E-state index in [9.17, 15) is 0 Å². The Bertz CT molecular complexity index is 326. The molecule has 0 bridgehead atoms. The standard InChI is InChI=1S/C14H21ClS2/c1-3-14(4-2,10-16)11-17-9-12-7-5-6-8-13(12)15/h5-8,16H,3-4,9-11H2,1-2H3. The first-order valence-electron chi connectivity index (χ1n) is 6.09. The van der Waals surface area contributed by atoms with Crippen LogP contribution in [0.15, 0.2) is 24.3 Å². The Labute approximate surface area is 120 Å². The van der Waals surface area contributed by atoms with E-state index in [0.29, 0.717) is 5.41 Å². The first-order valence-corrected chi connectivity index (χ1v) is 8.26. The van der Waals surface area contributed by atoms with E-state index in [4.69, 9.17) is 11.6 Å². The highest BCUT2D eigenvalue weighted by molar-refractivity contribution is 7.98. The van der Waals surface area contributed by atoms with Crippen molar-refractivity contribution in [2.75, 3.05) is 11.5 Å². The molecule has 0 fully saturated rings. The third-order valence-corrected chi connectivity index (χ3v) is 5.83. The summed E-state index contributed by atoms with van der Waals surface area (Å²) in [7, 11) is 0. The maximum absolute atomic E-state index is 6.15.